The second-order valence-corrected chi connectivity index (χ2v) is 3.56. The lowest BCUT2D eigenvalue weighted by molar-refractivity contribution is -0.157. The van der Waals surface area contributed by atoms with Crippen molar-refractivity contribution in [2.75, 3.05) is 0 Å². The Labute approximate surface area is 90.8 Å². The highest BCUT2D eigenvalue weighted by Crippen LogP contribution is 2.19. The summed E-state index contributed by atoms with van der Waals surface area (Å²) in [4.78, 5) is 21.6. The van der Waals surface area contributed by atoms with E-state index in [4.69, 9.17) is 5.11 Å². The number of nitrogens with one attached hydrogen (secondary N) is 1. The van der Waals surface area contributed by atoms with Gasteiger partial charge in [-0.25, -0.2) is 4.79 Å². The Balaban J connectivity index is 4.42. The first kappa shape index (κ1) is 14.7. The fourth-order valence-electron chi connectivity index (χ4n) is 1.09. The van der Waals surface area contributed by atoms with Crippen LogP contribution in [-0.2, 0) is 9.59 Å². The van der Waals surface area contributed by atoms with Crippen LogP contribution < -0.4 is 5.32 Å². The molecule has 0 rings (SSSR count). The molecule has 0 heterocycles. The molecule has 2 unspecified atom stereocenters. The fraction of sp³-hybridized carbons (Fsp3) is 0.778. The summed E-state index contributed by atoms with van der Waals surface area (Å²) in [6.45, 7) is 3.24. The van der Waals surface area contributed by atoms with Gasteiger partial charge in [0.2, 0.25) is 5.91 Å². The maximum atomic E-state index is 11.8. The summed E-state index contributed by atoms with van der Waals surface area (Å²) in [6.07, 6.45) is -5.83. The predicted molar refractivity (Wildman–Crippen MR) is 49.7 cm³/mol. The molecule has 94 valence electrons. The summed E-state index contributed by atoms with van der Waals surface area (Å²) in [5.74, 6) is -3.07. The number of carboxylic acids is 1. The lowest BCUT2D eigenvalue weighted by Gasteiger charge is -2.20. The van der Waals surface area contributed by atoms with Gasteiger partial charge in [-0.3, -0.25) is 4.79 Å². The van der Waals surface area contributed by atoms with Gasteiger partial charge in [0.05, 0.1) is 0 Å². The Kier molecular flexibility index (Phi) is 5.26. The summed E-state index contributed by atoms with van der Waals surface area (Å²) < 4.78 is 35.5. The Morgan fingerprint density at radius 2 is 1.88 bits per heavy atom. The van der Waals surface area contributed by atoms with Gasteiger partial charge in [0.25, 0.3) is 0 Å². The van der Waals surface area contributed by atoms with E-state index in [0.717, 1.165) is 0 Å². The van der Waals surface area contributed by atoms with Crippen molar-refractivity contribution in [2.24, 2.45) is 5.92 Å². The number of carbonyl (C=O) groups excluding carboxylic acids is 1. The van der Waals surface area contributed by atoms with E-state index in [1.165, 1.54) is 0 Å². The molecule has 0 radical (unpaired) electrons. The lowest BCUT2D eigenvalue weighted by Crippen LogP contribution is -2.46. The molecule has 0 aromatic heterocycles. The zero-order valence-electron chi connectivity index (χ0n) is 8.97. The number of hydrogen-bond acceptors (Lipinski definition) is 2. The van der Waals surface area contributed by atoms with Crippen LogP contribution in [0.15, 0.2) is 0 Å². The molecule has 4 nitrogen and oxygen atoms in total. The molecule has 0 saturated heterocycles. The number of hydrogen-bond donors (Lipinski definition) is 2. The molecule has 0 aliphatic carbocycles. The van der Waals surface area contributed by atoms with Crippen LogP contribution in [0.1, 0.15) is 26.7 Å². The van der Waals surface area contributed by atoms with Crippen molar-refractivity contribution in [3.8, 4) is 0 Å². The van der Waals surface area contributed by atoms with Crippen LogP contribution in [0.2, 0.25) is 0 Å². The number of carboxylic acid groups (broad SMARTS) is 1. The van der Waals surface area contributed by atoms with Crippen molar-refractivity contribution in [1.82, 2.24) is 5.32 Å². The lowest BCUT2D eigenvalue weighted by atomic mass is 9.99. The SMILES string of the molecule is CCC(C)C(NC(=O)CC(F)(F)F)C(=O)O. The second kappa shape index (κ2) is 5.72. The Morgan fingerprint density at radius 1 is 1.38 bits per heavy atom. The molecule has 7 heteroatoms. The maximum Gasteiger partial charge on any atom is 0.397 e. The molecule has 0 bridgehead atoms. The zero-order chi connectivity index (χ0) is 12.9. The van der Waals surface area contributed by atoms with E-state index in [0.29, 0.717) is 6.42 Å². The maximum absolute atomic E-state index is 11.8. The van der Waals surface area contributed by atoms with E-state index < -0.39 is 36.4 Å². The van der Waals surface area contributed by atoms with E-state index >= 15 is 0 Å². The minimum absolute atomic E-state index is 0.422. The van der Waals surface area contributed by atoms with Gasteiger partial charge in [0.15, 0.2) is 0 Å². The van der Waals surface area contributed by atoms with E-state index in [1.54, 1.807) is 13.8 Å². The number of amides is 1. The molecular formula is C9H14F3NO3. The highest BCUT2D eigenvalue weighted by atomic mass is 19.4. The monoisotopic (exact) mass is 241 g/mol. The van der Waals surface area contributed by atoms with Crippen molar-refractivity contribution in [1.29, 1.82) is 0 Å². The van der Waals surface area contributed by atoms with E-state index in [9.17, 15) is 22.8 Å². The number of alkyl halides is 3. The van der Waals surface area contributed by atoms with Crippen molar-refractivity contribution in [3.05, 3.63) is 0 Å². The first-order chi connectivity index (χ1) is 7.17. The smallest absolute Gasteiger partial charge is 0.397 e. The summed E-state index contributed by atoms with van der Waals surface area (Å²) in [5.41, 5.74) is 0. The summed E-state index contributed by atoms with van der Waals surface area (Å²) in [7, 11) is 0. The van der Waals surface area contributed by atoms with Gasteiger partial charge in [-0.1, -0.05) is 20.3 Å². The molecule has 16 heavy (non-hydrogen) atoms. The quantitative estimate of drug-likeness (QED) is 0.767. The topological polar surface area (TPSA) is 66.4 Å². The van der Waals surface area contributed by atoms with Crippen LogP contribution in [0, 0.1) is 5.92 Å². The predicted octanol–water partition coefficient (Wildman–Crippen LogP) is 1.55. The third-order valence-corrected chi connectivity index (χ3v) is 2.16. The van der Waals surface area contributed by atoms with Gasteiger partial charge in [-0.05, 0) is 5.92 Å². The van der Waals surface area contributed by atoms with Gasteiger partial charge < -0.3 is 10.4 Å². The summed E-state index contributed by atoms with van der Waals surface area (Å²) in [5, 5.41) is 10.6. The normalized spacial score (nSPS) is 15.3. The van der Waals surface area contributed by atoms with Crippen molar-refractivity contribution in [3.63, 3.8) is 0 Å². The average Bonchev–Trinajstić information content (AvgIpc) is 2.09. The van der Waals surface area contributed by atoms with E-state index in [1.807, 2.05) is 5.32 Å². The number of carbonyl (C=O) groups is 2. The number of halogens is 3. The molecule has 2 N–H and O–H groups in total. The van der Waals surface area contributed by atoms with Crippen LogP contribution in [0.25, 0.3) is 0 Å². The van der Waals surface area contributed by atoms with Crippen molar-refractivity contribution >= 4 is 11.9 Å². The van der Waals surface area contributed by atoms with Crippen LogP contribution in [0.5, 0.6) is 0 Å². The molecule has 0 aromatic rings. The zero-order valence-corrected chi connectivity index (χ0v) is 8.97. The molecule has 0 saturated carbocycles. The molecule has 0 aromatic carbocycles. The molecular weight excluding hydrogens is 227 g/mol. The van der Waals surface area contributed by atoms with Crippen LogP contribution in [0.3, 0.4) is 0 Å². The molecule has 0 aliphatic heterocycles. The van der Waals surface area contributed by atoms with Gasteiger partial charge >= 0.3 is 12.1 Å². The standard InChI is InChI=1S/C9H14F3NO3/c1-3-5(2)7(8(15)16)13-6(14)4-9(10,11)12/h5,7H,3-4H2,1-2H3,(H,13,14)(H,15,16). The second-order valence-electron chi connectivity index (χ2n) is 3.56. The molecule has 1 amide bonds. The average molecular weight is 241 g/mol. The van der Waals surface area contributed by atoms with Crippen LogP contribution >= 0.6 is 0 Å². The first-order valence-corrected chi connectivity index (χ1v) is 4.76. The van der Waals surface area contributed by atoms with Gasteiger partial charge in [-0.15, -0.1) is 0 Å². The van der Waals surface area contributed by atoms with Crippen molar-refractivity contribution in [2.45, 2.75) is 38.9 Å². The van der Waals surface area contributed by atoms with Gasteiger partial charge in [-0.2, -0.15) is 13.2 Å². The largest absolute Gasteiger partial charge is 0.480 e. The minimum Gasteiger partial charge on any atom is -0.480 e. The third kappa shape index (κ3) is 5.57. The van der Waals surface area contributed by atoms with Crippen LogP contribution in [0.4, 0.5) is 13.2 Å². The highest BCUT2D eigenvalue weighted by Gasteiger charge is 2.34. The molecule has 0 aliphatic rings. The Bertz CT molecular complexity index is 265. The minimum atomic E-state index is -4.62. The van der Waals surface area contributed by atoms with Crippen molar-refractivity contribution < 1.29 is 27.9 Å². The van der Waals surface area contributed by atoms with E-state index in [-0.39, 0.29) is 0 Å². The van der Waals surface area contributed by atoms with Crippen LogP contribution in [-0.4, -0.2) is 29.2 Å². The summed E-state index contributed by atoms with van der Waals surface area (Å²) >= 11 is 0. The third-order valence-electron chi connectivity index (χ3n) is 2.16. The fourth-order valence-corrected chi connectivity index (χ4v) is 1.09. The Hall–Kier alpha value is -1.27. The van der Waals surface area contributed by atoms with E-state index in [2.05, 4.69) is 0 Å². The molecule has 0 spiro atoms. The first-order valence-electron chi connectivity index (χ1n) is 4.76. The van der Waals surface area contributed by atoms with Gasteiger partial charge in [0, 0.05) is 0 Å². The molecule has 2 atom stereocenters. The summed E-state index contributed by atoms with van der Waals surface area (Å²) in [6, 6.07) is -1.28. The number of rotatable bonds is 5. The Morgan fingerprint density at radius 3 is 2.19 bits per heavy atom. The number of aliphatic carboxylic acids is 1. The van der Waals surface area contributed by atoms with Gasteiger partial charge in [0.1, 0.15) is 12.5 Å². The highest BCUT2D eigenvalue weighted by molar-refractivity contribution is 5.84. The molecule has 0 fully saturated rings.